The van der Waals surface area contributed by atoms with Crippen LogP contribution in [0, 0.1) is 0 Å². The zero-order valence-corrected chi connectivity index (χ0v) is 22.3. The van der Waals surface area contributed by atoms with Gasteiger partial charge in [-0.3, -0.25) is 19.6 Å². The second-order valence-corrected chi connectivity index (χ2v) is 10.1. The molecule has 3 amide bonds. The number of rotatable bonds is 5. The molecular formula is C24H18BrCl3N4O3. The number of allylic oxidation sites excluding steroid dienone is 1. The largest absolute Gasteiger partial charge is 0.329 e. The van der Waals surface area contributed by atoms with Gasteiger partial charge in [-0.2, -0.15) is 0 Å². The fourth-order valence-corrected chi connectivity index (χ4v) is 4.99. The molecule has 11 heteroatoms. The summed E-state index contributed by atoms with van der Waals surface area (Å²) in [5.74, 6) is -0.540. The Labute approximate surface area is 224 Å². The molecule has 35 heavy (non-hydrogen) atoms. The average molecular weight is 597 g/mol. The Morgan fingerprint density at radius 1 is 1.03 bits per heavy atom. The maximum absolute atomic E-state index is 13.6. The Kier molecular flexibility index (Phi) is 7.28. The predicted molar refractivity (Wildman–Crippen MR) is 142 cm³/mol. The number of carbonyl (C=O) groups is 2. The number of urea groups is 1. The van der Waals surface area contributed by atoms with E-state index in [2.05, 4.69) is 26.3 Å². The first-order valence-corrected chi connectivity index (χ1v) is 12.2. The van der Waals surface area contributed by atoms with E-state index in [1.807, 2.05) is 13.8 Å². The van der Waals surface area contributed by atoms with Gasteiger partial charge in [-0.1, -0.05) is 74.5 Å². The van der Waals surface area contributed by atoms with Crippen LogP contribution in [0.1, 0.15) is 19.4 Å². The van der Waals surface area contributed by atoms with E-state index in [9.17, 15) is 14.4 Å². The van der Waals surface area contributed by atoms with Crippen LogP contribution in [0.25, 0.3) is 23.0 Å². The molecule has 1 aromatic heterocycles. The Hall–Kier alpha value is -2.78. The number of nitrogens with zero attached hydrogens (tertiary/aromatic N) is 2. The van der Waals surface area contributed by atoms with Gasteiger partial charge in [0.2, 0.25) is 0 Å². The van der Waals surface area contributed by atoms with Gasteiger partial charge >= 0.3 is 6.03 Å². The molecule has 0 atom stereocenters. The fraction of sp³-hybridized carbons (Fsp3) is 0.125. The molecule has 1 saturated heterocycles. The van der Waals surface area contributed by atoms with Crippen molar-refractivity contribution in [3.05, 3.63) is 89.2 Å². The van der Waals surface area contributed by atoms with Gasteiger partial charge in [-0.15, -0.1) is 0 Å². The van der Waals surface area contributed by atoms with Gasteiger partial charge in [0.25, 0.3) is 11.5 Å². The molecule has 2 N–H and O–H groups in total. The molecule has 1 aliphatic heterocycles. The molecule has 1 aliphatic rings. The van der Waals surface area contributed by atoms with Crippen LogP contribution in [-0.4, -0.2) is 33.2 Å². The fourth-order valence-electron chi connectivity index (χ4n) is 3.48. The summed E-state index contributed by atoms with van der Waals surface area (Å²) in [5.41, 5.74) is 1.81. The highest BCUT2D eigenvalue weighted by atomic mass is 79.9. The molecule has 0 spiro atoms. The van der Waals surface area contributed by atoms with E-state index < -0.39 is 17.5 Å². The van der Waals surface area contributed by atoms with Gasteiger partial charge in [-0.25, -0.2) is 9.48 Å². The van der Waals surface area contributed by atoms with Crippen LogP contribution in [0.3, 0.4) is 0 Å². The standard InChI is InChI=1S/C24H18BrCl3N4O3/c1-12(2)7-8-31-23(34)19(29-24(31)35)11-16-20(13-3-5-15(26)6-4-13)30-32(22(16)33)21-17(27)9-14(25)10-18(21)28/h3-7,9-11,30H,8H2,1-2H3,(H,29,35)/b19-11-. The molecule has 0 radical (unpaired) electrons. The number of imide groups is 1. The first-order valence-electron chi connectivity index (χ1n) is 10.3. The van der Waals surface area contributed by atoms with Crippen LogP contribution in [0.15, 0.2) is 63.0 Å². The van der Waals surface area contributed by atoms with Crippen molar-refractivity contribution in [2.75, 3.05) is 6.54 Å². The van der Waals surface area contributed by atoms with Crippen LogP contribution >= 0.6 is 50.7 Å². The maximum atomic E-state index is 13.6. The minimum absolute atomic E-state index is 0.0244. The minimum Gasteiger partial charge on any atom is -0.303 e. The van der Waals surface area contributed by atoms with Crippen molar-refractivity contribution < 1.29 is 9.59 Å². The van der Waals surface area contributed by atoms with Crippen molar-refractivity contribution in [2.24, 2.45) is 0 Å². The summed E-state index contributed by atoms with van der Waals surface area (Å²) in [4.78, 5) is 40.0. The van der Waals surface area contributed by atoms with Crippen LogP contribution in [0.2, 0.25) is 15.1 Å². The number of amides is 3. The molecule has 2 heterocycles. The van der Waals surface area contributed by atoms with Gasteiger partial charge in [0.1, 0.15) is 11.4 Å². The Bertz CT molecular complexity index is 1450. The van der Waals surface area contributed by atoms with Gasteiger partial charge in [0.05, 0.1) is 21.3 Å². The Morgan fingerprint density at radius 3 is 2.26 bits per heavy atom. The smallest absolute Gasteiger partial charge is 0.303 e. The van der Waals surface area contributed by atoms with Crippen molar-refractivity contribution in [2.45, 2.75) is 13.8 Å². The summed E-state index contributed by atoms with van der Waals surface area (Å²) in [6, 6.07) is 9.44. The number of halogens is 4. The van der Waals surface area contributed by atoms with Crippen molar-refractivity contribution in [1.82, 2.24) is 20.0 Å². The number of hydrogen-bond donors (Lipinski definition) is 2. The van der Waals surface area contributed by atoms with E-state index in [1.54, 1.807) is 42.5 Å². The van der Waals surface area contributed by atoms with E-state index >= 15 is 0 Å². The molecule has 0 saturated carbocycles. The molecule has 0 aliphatic carbocycles. The highest BCUT2D eigenvalue weighted by Crippen LogP contribution is 2.33. The Balaban J connectivity index is 1.89. The van der Waals surface area contributed by atoms with E-state index in [4.69, 9.17) is 34.8 Å². The first-order chi connectivity index (χ1) is 16.6. The van der Waals surface area contributed by atoms with E-state index in [-0.39, 0.29) is 33.5 Å². The van der Waals surface area contributed by atoms with Crippen LogP contribution in [0.5, 0.6) is 0 Å². The molecule has 180 valence electrons. The average Bonchev–Trinajstić information content (AvgIpc) is 3.23. The number of H-pyrrole nitrogens is 1. The third-order valence-electron chi connectivity index (χ3n) is 5.20. The summed E-state index contributed by atoms with van der Waals surface area (Å²) in [6.45, 7) is 3.86. The highest BCUT2D eigenvalue weighted by Gasteiger charge is 2.33. The summed E-state index contributed by atoms with van der Waals surface area (Å²) < 4.78 is 1.85. The normalized spacial score (nSPS) is 14.6. The van der Waals surface area contributed by atoms with Crippen LogP contribution < -0.4 is 10.9 Å². The van der Waals surface area contributed by atoms with Gasteiger partial charge in [0, 0.05) is 21.6 Å². The zero-order chi connectivity index (χ0) is 25.4. The van der Waals surface area contributed by atoms with Crippen molar-refractivity contribution in [1.29, 1.82) is 0 Å². The third kappa shape index (κ3) is 5.11. The number of benzene rings is 2. The molecule has 0 bridgehead atoms. The van der Waals surface area contributed by atoms with Gasteiger partial charge in [-0.05, 0) is 44.2 Å². The summed E-state index contributed by atoms with van der Waals surface area (Å²) in [6.07, 6.45) is 3.11. The lowest BCUT2D eigenvalue weighted by atomic mass is 10.1. The summed E-state index contributed by atoms with van der Waals surface area (Å²) in [5, 5.41) is 6.56. The Morgan fingerprint density at radius 2 is 1.66 bits per heavy atom. The van der Waals surface area contributed by atoms with E-state index in [0.29, 0.717) is 20.8 Å². The zero-order valence-electron chi connectivity index (χ0n) is 18.5. The SMILES string of the molecule is CC(C)=CCN1C(=O)N/C(=C\c2c(-c3ccc(Cl)cc3)[nH]n(-c3c(Cl)cc(Br)cc3Cl)c2=O)C1=O. The number of nitrogens with one attached hydrogen (secondary N) is 2. The number of aromatic amines is 1. The van der Waals surface area contributed by atoms with Gasteiger partial charge in [0.15, 0.2) is 0 Å². The van der Waals surface area contributed by atoms with Crippen molar-refractivity contribution in [3.8, 4) is 16.9 Å². The van der Waals surface area contributed by atoms with Crippen molar-refractivity contribution in [3.63, 3.8) is 0 Å². The summed E-state index contributed by atoms with van der Waals surface area (Å²) >= 11 is 22.2. The molecular weight excluding hydrogens is 579 g/mol. The second kappa shape index (κ2) is 10.1. The number of hydrogen-bond acceptors (Lipinski definition) is 3. The van der Waals surface area contributed by atoms with Crippen LogP contribution in [-0.2, 0) is 4.79 Å². The molecule has 0 unspecified atom stereocenters. The van der Waals surface area contributed by atoms with Crippen molar-refractivity contribution >= 4 is 68.7 Å². The maximum Gasteiger partial charge on any atom is 0.329 e. The van der Waals surface area contributed by atoms with Gasteiger partial charge < -0.3 is 5.32 Å². The minimum atomic E-state index is -0.568. The third-order valence-corrected chi connectivity index (χ3v) is 6.48. The lowest BCUT2D eigenvalue weighted by Gasteiger charge is -2.08. The van der Waals surface area contributed by atoms with Crippen LogP contribution in [0.4, 0.5) is 4.79 Å². The topological polar surface area (TPSA) is 87.2 Å². The lowest BCUT2D eigenvalue weighted by Crippen LogP contribution is -2.31. The molecule has 7 nitrogen and oxygen atoms in total. The van der Waals surface area contributed by atoms with E-state index in [1.165, 1.54) is 10.8 Å². The molecule has 1 fully saturated rings. The highest BCUT2D eigenvalue weighted by molar-refractivity contribution is 9.10. The molecule has 4 rings (SSSR count). The second-order valence-electron chi connectivity index (χ2n) is 7.95. The summed E-state index contributed by atoms with van der Waals surface area (Å²) in [7, 11) is 0. The first kappa shape index (κ1) is 25.3. The quantitative estimate of drug-likeness (QED) is 0.203. The predicted octanol–water partition coefficient (Wildman–Crippen LogP) is 6.41. The number of aromatic nitrogens is 2. The number of carbonyl (C=O) groups excluding carboxylic acids is 2. The molecule has 2 aromatic carbocycles. The van der Waals surface area contributed by atoms with E-state index in [0.717, 1.165) is 10.5 Å². The molecule has 3 aromatic rings. The lowest BCUT2D eigenvalue weighted by molar-refractivity contribution is -0.122. The monoisotopic (exact) mass is 594 g/mol.